The van der Waals surface area contributed by atoms with Gasteiger partial charge in [0.05, 0.1) is 0 Å². The highest BCUT2D eigenvalue weighted by atomic mass is 14.8. The number of hydrogen-bond donors (Lipinski definition) is 1. The maximum absolute atomic E-state index is 3.60. The SMILES string of the molecule is C=C/C=C\C=C(/C)CNCCC. The molecule has 68 valence electrons. The molecular weight excluding hydrogens is 146 g/mol. The molecule has 1 N–H and O–H groups in total. The second-order valence-corrected chi connectivity index (χ2v) is 2.81. The molecule has 12 heavy (non-hydrogen) atoms. The van der Waals surface area contributed by atoms with Gasteiger partial charge in [0, 0.05) is 6.54 Å². The Kier molecular flexibility index (Phi) is 7.71. The standard InChI is InChI=1S/C11H19N/c1-4-6-7-8-11(3)10-12-9-5-2/h4,6-8,12H,1,5,9-10H2,2-3H3/b7-6-,11-8+. The summed E-state index contributed by atoms with van der Waals surface area (Å²) in [6.45, 7) is 9.97. The van der Waals surface area contributed by atoms with Crippen LogP contribution < -0.4 is 5.32 Å². The van der Waals surface area contributed by atoms with E-state index in [9.17, 15) is 0 Å². The summed E-state index contributed by atoms with van der Waals surface area (Å²) in [4.78, 5) is 0. The lowest BCUT2D eigenvalue weighted by Crippen LogP contribution is -2.16. The third-order valence-electron chi connectivity index (χ3n) is 1.46. The van der Waals surface area contributed by atoms with E-state index in [1.807, 2.05) is 12.2 Å². The second kappa shape index (κ2) is 8.28. The van der Waals surface area contributed by atoms with Crippen molar-refractivity contribution in [2.75, 3.05) is 13.1 Å². The summed E-state index contributed by atoms with van der Waals surface area (Å²) in [7, 11) is 0. The van der Waals surface area contributed by atoms with Crippen molar-refractivity contribution in [3.05, 3.63) is 36.5 Å². The number of nitrogens with one attached hydrogen (secondary N) is 1. The van der Waals surface area contributed by atoms with E-state index in [2.05, 4.69) is 31.8 Å². The smallest absolute Gasteiger partial charge is 0.0164 e. The normalized spacial score (nSPS) is 12.3. The molecule has 0 aromatic rings. The Morgan fingerprint density at radius 1 is 1.42 bits per heavy atom. The van der Waals surface area contributed by atoms with Crippen molar-refractivity contribution < 1.29 is 0 Å². The molecule has 0 atom stereocenters. The highest BCUT2D eigenvalue weighted by molar-refractivity contribution is 5.14. The summed E-state index contributed by atoms with van der Waals surface area (Å²) in [6, 6.07) is 0. The Balaban J connectivity index is 3.55. The summed E-state index contributed by atoms with van der Waals surface area (Å²) in [6.07, 6.45) is 9.02. The first kappa shape index (κ1) is 11.2. The minimum Gasteiger partial charge on any atom is -0.313 e. The van der Waals surface area contributed by atoms with Gasteiger partial charge in [0.1, 0.15) is 0 Å². The van der Waals surface area contributed by atoms with Gasteiger partial charge < -0.3 is 5.32 Å². The van der Waals surface area contributed by atoms with E-state index in [-0.39, 0.29) is 0 Å². The van der Waals surface area contributed by atoms with Crippen LogP contribution in [0.15, 0.2) is 36.5 Å². The number of hydrogen-bond acceptors (Lipinski definition) is 1. The van der Waals surface area contributed by atoms with E-state index >= 15 is 0 Å². The molecule has 0 saturated heterocycles. The van der Waals surface area contributed by atoms with Crippen molar-refractivity contribution in [1.29, 1.82) is 0 Å². The zero-order valence-electron chi connectivity index (χ0n) is 8.14. The van der Waals surface area contributed by atoms with E-state index in [4.69, 9.17) is 0 Å². The topological polar surface area (TPSA) is 12.0 Å². The minimum absolute atomic E-state index is 0.981. The Hall–Kier alpha value is -0.820. The van der Waals surface area contributed by atoms with Crippen LogP contribution in [0.1, 0.15) is 20.3 Å². The third-order valence-corrected chi connectivity index (χ3v) is 1.46. The maximum atomic E-state index is 3.60. The van der Waals surface area contributed by atoms with E-state index in [1.54, 1.807) is 6.08 Å². The van der Waals surface area contributed by atoms with Gasteiger partial charge in [0.25, 0.3) is 0 Å². The Labute approximate surface area is 75.9 Å². The first-order valence-electron chi connectivity index (χ1n) is 4.46. The molecule has 1 heteroatoms. The van der Waals surface area contributed by atoms with Gasteiger partial charge in [-0.25, -0.2) is 0 Å². The predicted molar refractivity (Wildman–Crippen MR) is 56.3 cm³/mol. The molecule has 0 unspecified atom stereocenters. The maximum Gasteiger partial charge on any atom is 0.0164 e. The van der Waals surface area contributed by atoms with Gasteiger partial charge in [0.2, 0.25) is 0 Å². The fourth-order valence-corrected chi connectivity index (χ4v) is 0.820. The average Bonchev–Trinajstić information content (AvgIpc) is 2.06. The number of allylic oxidation sites excluding steroid dienone is 4. The van der Waals surface area contributed by atoms with Gasteiger partial charge in [-0.15, -0.1) is 0 Å². The largest absolute Gasteiger partial charge is 0.313 e. The molecule has 0 heterocycles. The summed E-state index contributed by atoms with van der Waals surface area (Å²) >= 11 is 0. The molecule has 0 aliphatic heterocycles. The molecule has 0 amide bonds. The van der Waals surface area contributed by atoms with Crippen molar-refractivity contribution in [2.24, 2.45) is 0 Å². The second-order valence-electron chi connectivity index (χ2n) is 2.81. The molecular formula is C11H19N. The summed E-state index contributed by atoms with van der Waals surface area (Å²) in [5.41, 5.74) is 1.35. The zero-order valence-corrected chi connectivity index (χ0v) is 8.14. The molecule has 0 bridgehead atoms. The van der Waals surface area contributed by atoms with Gasteiger partial charge in [-0.2, -0.15) is 0 Å². The number of rotatable bonds is 6. The quantitative estimate of drug-likeness (QED) is 0.471. The molecule has 0 aliphatic rings. The molecule has 0 aromatic heterocycles. The van der Waals surface area contributed by atoms with E-state index in [1.165, 1.54) is 12.0 Å². The van der Waals surface area contributed by atoms with E-state index < -0.39 is 0 Å². The van der Waals surface area contributed by atoms with E-state index in [0.717, 1.165) is 13.1 Å². The third kappa shape index (κ3) is 7.29. The van der Waals surface area contributed by atoms with Crippen molar-refractivity contribution in [1.82, 2.24) is 5.32 Å². The molecule has 0 saturated carbocycles. The van der Waals surface area contributed by atoms with Crippen molar-refractivity contribution in [2.45, 2.75) is 20.3 Å². The van der Waals surface area contributed by atoms with Crippen LogP contribution in [0.3, 0.4) is 0 Å². The lowest BCUT2D eigenvalue weighted by atomic mass is 10.2. The highest BCUT2D eigenvalue weighted by Crippen LogP contribution is 1.90. The van der Waals surface area contributed by atoms with Crippen LogP contribution in [0.5, 0.6) is 0 Å². The zero-order chi connectivity index (χ0) is 9.23. The summed E-state index contributed by atoms with van der Waals surface area (Å²) in [5.74, 6) is 0. The van der Waals surface area contributed by atoms with Crippen molar-refractivity contribution in [3.63, 3.8) is 0 Å². The molecule has 0 radical (unpaired) electrons. The molecule has 0 aromatic carbocycles. The van der Waals surface area contributed by atoms with Gasteiger partial charge >= 0.3 is 0 Å². The minimum atomic E-state index is 0.981. The van der Waals surface area contributed by atoms with Gasteiger partial charge in [0.15, 0.2) is 0 Å². The lowest BCUT2D eigenvalue weighted by Gasteiger charge is -2.01. The van der Waals surface area contributed by atoms with Crippen LogP contribution in [0.25, 0.3) is 0 Å². The molecule has 1 nitrogen and oxygen atoms in total. The molecule has 0 spiro atoms. The Bertz CT molecular complexity index is 166. The van der Waals surface area contributed by atoms with Crippen LogP contribution in [-0.4, -0.2) is 13.1 Å². The Morgan fingerprint density at radius 2 is 2.17 bits per heavy atom. The fraction of sp³-hybridized carbons (Fsp3) is 0.455. The summed E-state index contributed by atoms with van der Waals surface area (Å²) in [5, 5.41) is 3.33. The first-order valence-corrected chi connectivity index (χ1v) is 4.46. The first-order chi connectivity index (χ1) is 5.81. The molecule has 0 aliphatic carbocycles. The van der Waals surface area contributed by atoms with Crippen LogP contribution in [0.4, 0.5) is 0 Å². The van der Waals surface area contributed by atoms with Crippen LogP contribution >= 0.6 is 0 Å². The van der Waals surface area contributed by atoms with Gasteiger partial charge in [-0.3, -0.25) is 0 Å². The van der Waals surface area contributed by atoms with Crippen LogP contribution in [-0.2, 0) is 0 Å². The average molecular weight is 165 g/mol. The van der Waals surface area contributed by atoms with Crippen molar-refractivity contribution >= 4 is 0 Å². The van der Waals surface area contributed by atoms with Gasteiger partial charge in [-0.05, 0) is 19.9 Å². The monoisotopic (exact) mass is 165 g/mol. The van der Waals surface area contributed by atoms with E-state index in [0.29, 0.717) is 0 Å². The lowest BCUT2D eigenvalue weighted by molar-refractivity contribution is 0.714. The molecule has 0 fully saturated rings. The van der Waals surface area contributed by atoms with Gasteiger partial charge in [-0.1, -0.05) is 43.4 Å². The Morgan fingerprint density at radius 3 is 2.75 bits per heavy atom. The fourth-order valence-electron chi connectivity index (χ4n) is 0.820. The van der Waals surface area contributed by atoms with Crippen LogP contribution in [0, 0.1) is 0 Å². The molecule has 0 rings (SSSR count). The highest BCUT2D eigenvalue weighted by Gasteiger charge is 1.85. The summed E-state index contributed by atoms with van der Waals surface area (Å²) < 4.78 is 0. The predicted octanol–water partition coefficient (Wildman–Crippen LogP) is 2.67. The van der Waals surface area contributed by atoms with Crippen LogP contribution in [0.2, 0.25) is 0 Å². The van der Waals surface area contributed by atoms with Crippen molar-refractivity contribution in [3.8, 4) is 0 Å².